The van der Waals surface area contributed by atoms with Crippen molar-refractivity contribution in [3.8, 4) is 0 Å². The number of nitrogens with one attached hydrogen (secondary N) is 1. The van der Waals surface area contributed by atoms with Gasteiger partial charge in [0.25, 0.3) is 0 Å². The van der Waals surface area contributed by atoms with E-state index >= 15 is 0 Å². The number of hydrogen-bond acceptors (Lipinski definition) is 3. The third kappa shape index (κ3) is 6.59. The SMILES string of the molecule is CCCCCCN(CCCCCC)c1ccc(N=N)c(C)c1. The molecule has 3 heteroatoms. The Hall–Kier alpha value is -1.38. The molecule has 1 rings (SSSR count). The average molecular weight is 303 g/mol. The Labute approximate surface area is 136 Å². The fourth-order valence-corrected chi connectivity index (χ4v) is 2.79. The zero-order valence-corrected chi connectivity index (χ0v) is 14.7. The lowest BCUT2D eigenvalue weighted by Gasteiger charge is -2.25. The molecule has 0 aliphatic rings. The van der Waals surface area contributed by atoms with Gasteiger partial charge in [-0.2, -0.15) is 5.11 Å². The van der Waals surface area contributed by atoms with Crippen LogP contribution in [0.1, 0.15) is 70.8 Å². The Morgan fingerprint density at radius 2 is 1.50 bits per heavy atom. The van der Waals surface area contributed by atoms with Crippen LogP contribution in [-0.2, 0) is 0 Å². The first-order chi connectivity index (χ1) is 10.7. The van der Waals surface area contributed by atoms with Crippen LogP contribution in [0, 0.1) is 12.5 Å². The van der Waals surface area contributed by atoms with Crippen molar-refractivity contribution >= 4 is 11.4 Å². The van der Waals surface area contributed by atoms with E-state index in [2.05, 4.69) is 36.0 Å². The molecule has 0 fully saturated rings. The molecule has 1 aromatic rings. The van der Waals surface area contributed by atoms with Gasteiger partial charge in [-0.25, -0.2) is 5.53 Å². The van der Waals surface area contributed by atoms with Gasteiger partial charge in [0.05, 0.1) is 5.69 Å². The molecule has 0 amide bonds. The third-order valence-electron chi connectivity index (χ3n) is 4.23. The molecule has 0 saturated heterocycles. The van der Waals surface area contributed by atoms with Crippen LogP contribution in [0.15, 0.2) is 23.3 Å². The van der Waals surface area contributed by atoms with E-state index in [1.54, 1.807) is 0 Å². The first-order valence-electron chi connectivity index (χ1n) is 8.96. The molecular weight excluding hydrogens is 270 g/mol. The molecule has 0 atom stereocenters. The van der Waals surface area contributed by atoms with Gasteiger partial charge in [-0.05, 0) is 43.5 Å². The molecule has 0 heterocycles. The summed E-state index contributed by atoms with van der Waals surface area (Å²) in [7, 11) is 0. The van der Waals surface area contributed by atoms with Gasteiger partial charge in [0.15, 0.2) is 0 Å². The Balaban J connectivity index is 2.65. The summed E-state index contributed by atoms with van der Waals surface area (Å²) in [5.41, 5.74) is 10.4. The van der Waals surface area contributed by atoms with Crippen LogP contribution < -0.4 is 4.90 Å². The van der Waals surface area contributed by atoms with Gasteiger partial charge in [0.1, 0.15) is 0 Å². The molecule has 22 heavy (non-hydrogen) atoms. The monoisotopic (exact) mass is 303 g/mol. The Morgan fingerprint density at radius 1 is 0.909 bits per heavy atom. The summed E-state index contributed by atoms with van der Waals surface area (Å²) in [6, 6.07) is 6.29. The molecule has 124 valence electrons. The maximum Gasteiger partial charge on any atom is 0.0880 e. The van der Waals surface area contributed by atoms with E-state index in [0.717, 1.165) is 24.3 Å². The van der Waals surface area contributed by atoms with Crippen molar-refractivity contribution in [1.29, 1.82) is 5.53 Å². The van der Waals surface area contributed by atoms with E-state index in [4.69, 9.17) is 5.53 Å². The summed E-state index contributed by atoms with van der Waals surface area (Å²) >= 11 is 0. The van der Waals surface area contributed by atoms with Crippen molar-refractivity contribution in [2.75, 3.05) is 18.0 Å². The molecular formula is C19H33N3. The summed E-state index contributed by atoms with van der Waals surface area (Å²) in [6.45, 7) is 8.85. The lowest BCUT2D eigenvalue weighted by atomic mass is 10.1. The van der Waals surface area contributed by atoms with Gasteiger partial charge in [-0.15, -0.1) is 0 Å². The second-order valence-electron chi connectivity index (χ2n) is 6.19. The number of hydrogen-bond donors (Lipinski definition) is 1. The largest absolute Gasteiger partial charge is 0.372 e. The van der Waals surface area contributed by atoms with Crippen molar-refractivity contribution in [3.63, 3.8) is 0 Å². The molecule has 0 saturated carbocycles. The molecule has 0 unspecified atom stereocenters. The van der Waals surface area contributed by atoms with Gasteiger partial charge in [0, 0.05) is 18.8 Å². The van der Waals surface area contributed by atoms with Crippen LogP contribution >= 0.6 is 0 Å². The highest BCUT2D eigenvalue weighted by atomic mass is 15.1. The Kier molecular flexibility index (Phi) is 9.52. The molecule has 0 radical (unpaired) electrons. The average Bonchev–Trinajstić information content (AvgIpc) is 2.53. The van der Waals surface area contributed by atoms with E-state index in [1.807, 2.05) is 13.0 Å². The number of nitrogens with zero attached hydrogens (tertiary/aromatic N) is 2. The van der Waals surface area contributed by atoms with Crippen LogP contribution in [0.4, 0.5) is 11.4 Å². The first kappa shape index (κ1) is 18.7. The molecule has 0 bridgehead atoms. The molecule has 1 aromatic carbocycles. The lowest BCUT2D eigenvalue weighted by Crippen LogP contribution is -2.25. The fraction of sp³-hybridized carbons (Fsp3) is 0.684. The molecule has 3 nitrogen and oxygen atoms in total. The van der Waals surface area contributed by atoms with Gasteiger partial charge in [-0.3, -0.25) is 0 Å². The number of benzene rings is 1. The second-order valence-corrected chi connectivity index (χ2v) is 6.19. The number of rotatable bonds is 12. The highest BCUT2D eigenvalue weighted by Crippen LogP contribution is 2.25. The predicted octanol–water partition coefficient (Wildman–Crippen LogP) is 6.62. The molecule has 1 N–H and O–H groups in total. The van der Waals surface area contributed by atoms with Gasteiger partial charge < -0.3 is 4.90 Å². The summed E-state index contributed by atoms with van der Waals surface area (Å²) < 4.78 is 0. The lowest BCUT2D eigenvalue weighted by molar-refractivity contribution is 0.609. The van der Waals surface area contributed by atoms with E-state index in [1.165, 1.54) is 57.1 Å². The summed E-state index contributed by atoms with van der Waals surface area (Å²) in [5, 5.41) is 3.58. The summed E-state index contributed by atoms with van der Waals surface area (Å²) in [5.74, 6) is 0. The summed E-state index contributed by atoms with van der Waals surface area (Å²) in [6.07, 6.45) is 10.4. The van der Waals surface area contributed by atoms with Crippen LogP contribution in [-0.4, -0.2) is 13.1 Å². The Morgan fingerprint density at radius 3 is 1.95 bits per heavy atom. The van der Waals surface area contributed by atoms with Gasteiger partial charge >= 0.3 is 0 Å². The maximum absolute atomic E-state index is 7.19. The summed E-state index contributed by atoms with van der Waals surface area (Å²) in [4.78, 5) is 2.52. The highest BCUT2D eigenvalue weighted by molar-refractivity contribution is 5.57. The van der Waals surface area contributed by atoms with Gasteiger partial charge in [0.2, 0.25) is 0 Å². The Bertz CT molecular complexity index is 417. The van der Waals surface area contributed by atoms with E-state index < -0.39 is 0 Å². The number of unbranched alkanes of at least 4 members (excludes halogenated alkanes) is 6. The smallest absolute Gasteiger partial charge is 0.0880 e. The fourth-order valence-electron chi connectivity index (χ4n) is 2.79. The van der Waals surface area contributed by atoms with Crippen LogP contribution in [0.25, 0.3) is 0 Å². The third-order valence-corrected chi connectivity index (χ3v) is 4.23. The minimum Gasteiger partial charge on any atom is -0.372 e. The highest BCUT2D eigenvalue weighted by Gasteiger charge is 2.08. The first-order valence-corrected chi connectivity index (χ1v) is 8.96. The second kappa shape index (κ2) is 11.2. The number of aryl methyl sites for hydroxylation is 1. The molecule has 0 spiro atoms. The standard InChI is InChI=1S/C19H33N3/c1-4-6-8-10-14-22(15-11-9-7-5-2)18-12-13-19(21-20)17(3)16-18/h12-13,16,20H,4-11,14-15H2,1-3H3. The van der Waals surface area contributed by atoms with E-state index in [0.29, 0.717) is 0 Å². The minimum atomic E-state index is 0.778. The van der Waals surface area contributed by atoms with Crippen molar-refractivity contribution < 1.29 is 0 Å². The predicted molar refractivity (Wildman–Crippen MR) is 96.5 cm³/mol. The maximum atomic E-state index is 7.19. The molecule has 0 aliphatic heterocycles. The zero-order chi connectivity index (χ0) is 16.2. The van der Waals surface area contributed by atoms with Crippen LogP contribution in [0.5, 0.6) is 0 Å². The van der Waals surface area contributed by atoms with Crippen LogP contribution in [0.3, 0.4) is 0 Å². The van der Waals surface area contributed by atoms with E-state index in [-0.39, 0.29) is 0 Å². The molecule has 0 aliphatic carbocycles. The zero-order valence-electron chi connectivity index (χ0n) is 14.7. The van der Waals surface area contributed by atoms with Crippen molar-refractivity contribution in [1.82, 2.24) is 0 Å². The van der Waals surface area contributed by atoms with Crippen molar-refractivity contribution in [3.05, 3.63) is 23.8 Å². The van der Waals surface area contributed by atoms with Gasteiger partial charge in [-0.1, -0.05) is 52.4 Å². The van der Waals surface area contributed by atoms with Crippen molar-refractivity contribution in [2.24, 2.45) is 5.11 Å². The quantitative estimate of drug-likeness (QED) is 0.342. The molecule has 0 aromatic heterocycles. The normalized spacial score (nSPS) is 10.7. The van der Waals surface area contributed by atoms with Crippen LogP contribution in [0.2, 0.25) is 0 Å². The number of anilines is 1. The minimum absolute atomic E-state index is 0.778. The van der Waals surface area contributed by atoms with E-state index in [9.17, 15) is 0 Å². The van der Waals surface area contributed by atoms with Crippen molar-refractivity contribution in [2.45, 2.75) is 72.1 Å². The topological polar surface area (TPSA) is 39.5 Å².